The van der Waals surface area contributed by atoms with Crippen molar-refractivity contribution in [2.24, 2.45) is 5.10 Å². The molecule has 5 heteroatoms. The van der Waals surface area contributed by atoms with E-state index in [4.69, 9.17) is 4.74 Å². The zero-order valence-electron chi connectivity index (χ0n) is 10.9. The van der Waals surface area contributed by atoms with Gasteiger partial charge in [-0.3, -0.25) is 5.43 Å². The fourth-order valence-corrected chi connectivity index (χ4v) is 2.62. The van der Waals surface area contributed by atoms with Crippen LogP contribution >= 0.6 is 11.3 Å². The topological polar surface area (TPSA) is 46.5 Å². The first-order valence-electron chi connectivity index (χ1n) is 6.14. The Labute approximate surface area is 120 Å². The summed E-state index contributed by atoms with van der Waals surface area (Å²) < 4.78 is 6.31. The molecule has 0 unspecified atom stereocenters. The van der Waals surface area contributed by atoms with Gasteiger partial charge in [0.1, 0.15) is 5.75 Å². The third kappa shape index (κ3) is 2.78. The van der Waals surface area contributed by atoms with Gasteiger partial charge < -0.3 is 4.74 Å². The SMILES string of the molecule is COc1cccc(/C=N/Nc2nc3ccccc3s2)c1. The van der Waals surface area contributed by atoms with E-state index in [1.54, 1.807) is 24.7 Å². The fraction of sp³-hybridized carbons (Fsp3) is 0.0667. The van der Waals surface area contributed by atoms with Crippen molar-refractivity contribution < 1.29 is 4.74 Å². The van der Waals surface area contributed by atoms with Crippen LogP contribution in [0.1, 0.15) is 5.56 Å². The van der Waals surface area contributed by atoms with Crippen molar-refractivity contribution in [1.29, 1.82) is 0 Å². The van der Waals surface area contributed by atoms with Crippen LogP contribution in [0.25, 0.3) is 10.2 Å². The van der Waals surface area contributed by atoms with Crippen LogP contribution in [0.3, 0.4) is 0 Å². The minimum Gasteiger partial charge on any atom is -0.497 e. The molecule has 1 heterocycles. The summed E-state index contributed by atoms with van der Waals surface area (Å²) in [6.45, 7) is 0. The summed E-state index contributed by atoms with van der Waals surface area (Å²) in [6.07, 6.45) is 1.74. The predicted molar refractivity (Wildman–Crippen MR) is 83.8 cm³/mol. The molecule has 0 fully saturated rings. The van der Waals surface area contributed by atoms with Gasteiger partial charge in [-0.2, -0.15) is 5.10 Å². The number of hydrazone groups is 1. The van der Waals surface area contributed by atoms with Crippen molar-refractivity contribution in [3.05, 3.63) is 54.1 Å². The predicted octanol–water partition coefficient (Wildman–Crippen LogP) is 3.75. The number of thiazole rings is 1. The second-order valence-corrected chi connectivity index (χ2v) is 5.16. The molecule has 2 aromatic carbocycles. The Morgan fingerprint density at radius 2 is 2.10 bits per heavy atom. The molecule has 1 N–H and O–H groups in total. The van der Waals surface area contributed by atoms with Crippen LogP contribution in [0.2, 0.25) is 0 Å². The zero-order valence-corrected chi connectivity index (χ0v) is 11.7. The van der Waals surface area contributed by atoms with Gasteiger partial charge in [-0.25, -0.2) is 4.98 Å². The van der Waals surface area contributed by atoms with Crippen molar-refractivity contribution in [1.82, 2.24) is 4.98 Å². The Bertz CT molecular complexity index is 718. The third-order valence-electron chi connectivity index (χ3n) is 2.76. The number of nitrogens with zero attached hydrogens (tertiary/aromatic N) is 2. The first kappa shape index (κ1) is 12.6. The van der Waals surface area contributed by atoms with Crippen LogP contribution < -0.4 is 10.2 Å². The maximum absolute atomic E-state index is 5.17. The lowest BCUT2D eigenvalue weighted by Gasteiger charge is -1.99. The molecule has 0 aliphatic heterocycles. The number of methoxy groups -OCH3 is 1. The minimum atomic E-state index is 0.783. The Hall–Kier alpha value is -2.40. The van der Waals surface area contributed by atoms with Crippen molar-refractivity contribution in [2.75, 3.05) is 12.5 Å². The Morgan fingerprint density at radius 1 is 1.20 bits per heavy atom. The quantitative estimate of drug-likeness (QED) is 0.586. The summed E-state index contributed by atoms with van der Waals surface area (Å²) in [6, 6.07) is 15.7. The lowest BCUT2D eigenvalue weighted by atomic mass is 10.2. The Morgan fingerprint density at radius 3 is 2.95 bits per heavy atom. The summed E-state index contributed by atoms with van der Waals surface area (Å²) in [7, 11) is 1.65. The molecular weight excluding hydrogens is 270 g/mol. The van der Waals surface area contributed by atoms with E-state index >= 15 is 0 Å². The molecule has 0 bridgehead atoms. The second-order valence-electron chi connectivity index (χ2n) is 4.13. The van der Waals surface area contributed by atoms with Crippen molar-refractivity contribution >= 4 is 32.9 Å². The van der Waals surface area contributed by atoms with Gasteiger partial charge >= 0.3 is 0 Å². The summed E-state index contributed by atoms with van der Waals surface area (Å²) in [5.41, 5.74) is 4.91. The number of hydrogen-bond donors (Lipinski definition) is 1. The molecule has 4 nitrogen and oxygen atoms in total. The van der Waals surface area contributed by atoms with E-state index in [-0.39, 0.29) is 0 Å². The van der Waals surface area contributed by atoms with E-state index < -0.39 is 0 Å². The average molecular weight is 283 g/mol. The van der Waals surface area contributed by atoms with Crippen molar-refractivity contribution in [2.45, 2.75) is 0 Å². The normalized spacial score (nSPS) is 11.1. The van der Waals surface area contributed by atoms with Crippen molar-refractivity contribution in [3.8, 4) is 5.75 Å². The van der Waals surface area contributed by atoms with Gasteiger partial charge in [-0.05, 0) is 29.8 Å². The van der Waals surface area contributed by atoms with E-state index in [0.717, 1.165) is 26.7 Å². The highest BCUT2D eigenvalue weighted by Gasteiger charge is 2.00. The number of rotatable bonds is 4. The Kier molecular flexibility index (Phi) is 3.60. The number of aromatic nitrogens is 1. The Balaban J connectivity index is 1.73. The van der Waals surface area contributed by atoms with Crippen molar-refractivity contribution in [3.63, 3.8) is 0 Å². The highest BCUT2D eigenvalue weighted by Crippen LogP contribution is 2.25. The second kappa shape index (κ2) is 5.71. The molecule has 0 saturated carbocycles. The molecule has 20 heavy (non-hydrogen) atoms. The maximum atomic E-state index is 5.17. The number of fused-ring (bicyclic) bond motifs is 1. The number of anilines is 1. The van der Waals surface area contributed by atoms with Crippen LogP contribution in [0.15, 0.2) is 53.6 Å². The molecule has 3 rings (SSSR count). The fourth-order valence-electron chi connectivity index (χ4n) is 1.80. The van der Waals surface area contributed by atoms with E-state index in [9.17, 15) is 0 Å². The number of benzene rings is 2. The van der Waals surface area contributed by atoms with E-state index in [2.05, 4.69) is 15.5 Å². The van der Waals surface area contributed by atoms with Crippen LogP contribution in [0, 0.1) is 0 Å². The van der Waals surface area contributed by atoms with Gasteiger partial charge in [0.15, 0.2) is 0 Å². The first-order chi connectivity index (χ1) is 9.85. The van der Waals surface area contributed by atoms with Gasteiger partial charge in [0.25, 0.3) is 0 Å². The van der Waals surface area contributed by atoms with Gasteiger partial charge in [0.05, 0.1) is 23.5 Å². The van der Waals surface area contributed by atoms with Gasteiger partial charge in [0.2, 0.25) is 5.13 Å². The molecule has 0 aliphatic carbocycles. The lowest BCUT2D eigenvalue weighted by molar-refractivity contribution is 0.415. The average Bonchev–Trinajstić information content (AvgIpc) is 2.90. The third-order valence-corrected chi connectivity index (χ3v) is 3.70. The minimum absolute atomic E-state index is 0.783. The molecule has 0 atom stereocenters. The molecule has 3 aromatic rings. The number of nitrogens with one attached hydrogen (secondary N) is 1. The van der Waals surface area contributed by atoms with E-state index in [0.29, 0.717) is 0 Å². The number of para-hydroxylation sites is 1. The van der Waals surface area contributed by atoms with Crippen LogP contribution in [0.5, 0.6) is 5.75 Å². The van der Waals surface area contributed by atoms with Crippen LogP contribution in [-0.2, 0) is 0 Å². The monoisotopic (exact) mass is 283 g/mol. The molecule has 0 saturated heterocycles. The first-order valence-corrected chi connectivity index (χ1v) is 6.95. The van der Waals surface area contributed by atoms with Gasteiger partial charge in [0, 0.05) is 0 Å². The highest BCUT2D eigenvalue weighted by atomic mass is 32.1. The van der Waals surface area contributed by atoms with Gasteiger partial charge in [-0.1, -0.05) is 35.6 Å². The van der Waals surface area contributed by atoms with E-state index in [1.807, 2.05) is 48.5 Å². The van der Waals surface area contributed by atoms with Gasteiger partial charge in [-0.15, -0.1) is 0 Å². The summed E-state index contributed by atoms with van der Waals surface area (Å²) in [5, 5.41) is 4.98. The molecule has 0 aliphatic rings. The molecule has 100 valence electrons. The highest BCUT2D eigenvalue weighted by molar-refractivity contribution is 7.22. The smallest absolute Gasteiger partial charge is 0.204 e. The van der Waals surface area contributed by atoms with Crippen LogP contribution in [0.4, 0.5) is 5.13 Å². The van der Waals surface area contributed by atoms with Crippen LogP contribution in [-0.4, -0.2) is 18.3 Å². The number of ether oxygens (including phenoxy) is 1. The lowest BCUT2D eigenvalue weighted by Crippen LogP contribution is -1.90. The molecule has 1 aromatic heterocycles. The summed E-state index contributed by atoms with van der Waals surface area (Å²) in [5.74, 6) is 0.814. The summed E-state index contributed by atoms with van der Waals surface area (Å²) in [4.78, 5) is 4.45. The molecule has 0 radical (unpaired) electrons. The molecule has 0 amide bonds. The largest absolute Gasteiger partial charge is 0.497 e. The molecule has 0 spiro atoms. The maximum Gasteiger partial charge on any atom is 0.204 e. The van der Waals surface area contributed by atoms with E-state index in [1.165, 1.54) is 0 Å². The zero-order chi connectivity index (χ0) is 13.8. The number of hydrogen-bond acceptors (Lipinski definition) is 5. The summed E-state index contributed by atoms with van der Waals surface area (Å²) >= 11 is 1.58. The molecular formula is C15H13N3OS. The standard InChI is InChI=1S/C15H13N3OS/c1-19-12-6-4-5-11(9-12)10-16-18-15-17-13-7-2-3-8-14(13)20-15/h2-10H,1H3,(H,17,18)/b16-10+.